The van der Waals surface area contributed by atoms with E-state index in [0.29, 0.717) is 22.8 Å². The molecule has 0 radical (unpaired) electrons. The highest BCUT2D eigenvalue weighted by Gasteiger charge is 2.10. The molecule has 0 amide bonds. The van der Waals surface area contributed by atoms with Crippen molar-refractivity contribution in [2.24, 2.45) is 0 Å². The number of rotatable bonds is 5. The number of fused-ring (bicyclic) bond motifs is 1. The average Bonchev–Trinajstić information content (AvgIpc) is 3.12. The summed E-state index contributed by atoms with van der Waals surface area (Å²) in [5.74, 6) is -0.429. The summed E-state index contributed by atoms with van der Waals surface area (Å²) in [6, 6.07) is 18.1. The topological polar surface area (TPSA) is 113 Å². The van der Waals surface area contributed by atoms with E-state index in [9.17, 15) is 9.59 Å². The van der Waals surface area contributed by atoms with Gasteiger partial charge < -0.3 is 19.9 Å². The first-order valence-corrected chi connectivity index (χ1v) is 8.34. The van der Waals surface area contributed by atoms with Crippen molar-refractivity contribution >= 4 is 23.0 Å². The van der Waals surface area contributed by atoms with Crippen LogP contribution in [0.25, 0.3) is 22.4 Å². The lowest BCUT2D eigenvalue weighted by molar-refractivity contribution is 0.0686. The fourth-order valence-corrected chi connectivity index (χ4v) is 2.79. The van der Waals surface area contributed by atoms with Gasteiger partial charge in [-0.25, -0.2) is 14.6 Å². The number of carboxylic acids is 2. The molecule has 4 aromatic rings. The second-order valence-corrected chi connectivity index (χ2v) is 6.08. The predicted octanol–water partition coefficient (Wildman–Crippen LogP) is 4.42. The first-order chi connectivity index (χ1) is 13.5. The van der Waals surface area contributed by atoms with Crippen LogP contribution in [0, 0.1) is 0 Å². The molecule has 0 aliphatic heterocycles. The zero-order chi connectivity index (χ0) is 19.7. The lowest BCUT2D eigenvalue weighted by Gasteiger charge is -2.07. The van der Waals surface area contributed by atoms with E-state index in [2.05, 4.69) is 9.97 Å². The molecule has 0 bridgehead atoms. The molecule has 1 aromatic heterocycles. The van der Waals surface area contributed by atoms with E-state index in [1.807, 2.05) is 12.1 Å². The summed E-state index contributed by atoms with van der Waals surface area (Å²) in [4.78, 5) is 29.7. The number of benzene rings is 3. The highest BCUT2D eigenvalue weighted by molar-refractivity contribution is 5.93. The minimum atomic E-state index is -1.02. The maximum absolute atomic E-state index is 11.1. The van der Waals surface area contributed by atoms with Gasteiger partial charge in [0.2, 0.25) is 0 Å². The van der Waals surface area contributed by atoms with Crippen molar-refractivity contribution in [3.63, 3.8) is 0 Å². The van der Waals surface area contributed by atoms with Gasteiger partial charge in [0.05, 0.1) is 22.2 Å². The number of aromatic carboxylic acids is 2. The van der Waals surface area contributed by atoms with Crippen molar-refractivity contribution in [1.82, 2.24) is 9.97 Å². The largest absolute Gasteiger partial charge is 0.478 e. The Bertz CT molecular complexity index is 1200. The number of aromatic amines is 1. The third-order valence-electron chi connectivity index (χ3n) is 4.17. The van der Waals surface area contributed by atoms with Crippen molar-refractivity contribution in [3.8, 4) is 22.9 Å². The van der Waals surface area contributed by atoms with Crippen LogP contribution >= 0.6 is 0 Å². The Hall–Kier alpha value is -4.13. The number of carbonyl (C=O) groups is 2. The van der Waals surface area contributed by atoms with E-state index in [0.717, 1.165) is 11.1 Å². The first kappa shape index (κ1) is 17.3. The molecule has 7 nitrogen and oxygen atoms in total. The van der Waals surface area contributed by atoms with E-state index >= 15 is 0 Å². The maximum Gasteiger partial charge on any atom is 0.335 e. The van der Waals surface area contributed by atoms with Gasteiger partial charge in [-0.3, -0.25) is 0 Å². The molecule has 3 aromatic carbocycles. The van der Waals surface area contributed by atoms with Gasteiger partial charge >= 0.3 is 11.9 Å². The van der Waals surface area contributed by atoms with Crippen LogP contribution in [0.2, 0.25) is 0 Å². The highest BCUT2D eigenvalue weighted by atomic mass is 16.5. The second-order valence-electron chi connectivity index (χ2n) is 6.08. The predicted molar refractivity (Wildman–Crippen MR) is 102 cm³/mol. The molecular formula is C21H14N2O5. The van der Waals surface area contributed by atoms with Gasteiger partial charge in [0.25, 0.3) is 0 Å². The number of ether oxygens (including phenoxy) is 1. The van der Waals surface area contributed by atoms with Crippen molar-refractivity contribution in [3.05, 3.63) is 77.9 Å². The Labute approximate surface area is 158 Å². The number of nitrogens with one attached hydrogen (secondary N) is 1. The number of hydrogen-bond acceptors (Lipinski definition) is 4. The number of aromatic nitrogens is 2. The smallest absolute Gasteiger partial charge is 0.335 e. The van der Waals surface area contributed by atoms with E-state index in [1.165, 1.54) is 24.3 Å². The van der Waals surface area contributed by atoms with Crippen LogP contribution in [0.5, 0.6) is 11.5 Å². The molecule has 0 atom stereocenters. The Kier molecular flexibility index (Phi) is 4.25. The summed E-state index contributed by atoms with van der Waals surface area (Å²) in [7, 11) is 0. The van der Waals surface area contributed by atoms with Crippen LogP contribution in [-0.4, -0.2) is 32.1 Å². The standard InChI is InChI=1S/C21H14N2O5/c24-20(25)13-2-1-3-16(10-13)28-15-7-4-12(5-8-15)19-22-17-9-6-14(21(26)27)11-18(17)23-19/h1-11H,(H,22,23)(H,24,25)(H,26,27). The summed E-state index contributed by atoms with van der Waals surface area (Å²) in [5.41, 5.74) is 2.45. The molecule has 7 heteroatoms. The number of H-pyrrole nitrogens is 1. The van der Waals surface area contributed by atoms with E-state index in [4.69, 9.17) is 14.9 Å². The molecule has 0 aliphatic rings. The zero-order valence-corrected chi connectivity index (χ0v) is 14.4. The van der Waals surface area contributed by atoms with Crippen LogP contribution in [0.4, 0.5) is 0 Å². The Morgan fingerprint density at radius 3 is 2.25 bits per heavy atom. The van der Waals surface area contributed by atoms with Gasteiger partial charge in [-0.05, 0) is 60.7 Å². The lowest BCUT2D eigenvalue weighted by Crippen LogP contribution is -1.96. The van der Waals surface area contributed by atoms with Gasteiger partial charge in [-0.2, -0.15) is 0 Å². The Morgan fingerprint density at radius 1 is 0.821 bits per heavy atom. The summed E-state index contributed by atoms with van der Waals surface area (Å²) in [6.07, 6.45) is 0. The fraction of sp³-hybridized carbons (Fsp3) is 0. The van der Waals surface area contributed by atoms with Crippen LogP contribution < -0.4 is 4.74 Å². The number of carboxylic acid groups (broad SMARTS) is 2. The van der Waals surface area contributed by atoms with Gasteiger partial charge in [-0.1, -0.05) is 6.07 Å². The SMILES string of the molecule is O=C(O)c1cccc(Oc2ccc(-c3nc4cc(C(=O)O)ccc4[nH]3)cc2)c1. The molecule has 0 spiro atoms. The summed E-state index contributed by atoms with van der Waals surface area (Å²) >= 11 is 0. The Balaban J connectivity index is 1.58. The Morgan fingerprint density at radius 2 is 1.54 bits per heavy atom. The molecule has 138 valence electrons. The van der Waals surface area contributed by atoms with Crippen molar-refractivity contribution < 1.29 is 24.5 Å². The van der Waals surface area contributed by atoms with Gasteiger partial charge in [0.15, 0.2) is 0 Å². The summed E-state index contributed by atoms with van der Waals surface area (Å²) in [5, 5.41) is 18.1. The first-order valence-electron chi connectivity index (χ1n) is 8.34. The quantitative estimate of drug-likeness (QED) is 0.477. The van der Waals surface area contributed by atoms with Gasteiger partial charge in [0, 0.05) is 5.56 Å². The minimum absolute atomic E-state index is 0.150. The highest BCUT2D eigenvalue weighted by Crippen LogP contribution is 2.26. The molecule has 0 saturated heterocycles. The molecule has 0 aliphatic carbocycles. The van der Waals surface area contributed by atoms with Gasteiger partial charge in [-0.15, -0.1) is 0 Å². The molecule has 0 unspecified atom stereocenters. The third-order valence-corrected chi connectivity index (χ3v) is 4.17. The zero-order valence-electron chi connectivity index (χ0n) is 14.4. The average molecular weight is 374 g/mol. The van der Waals surface area contributed by atoms with Crippen LogP contribution in [0.15, 0.2) is 66.7 Å². The summed E-state index contributed by atoms with van der Waals surface area (Å²) in [6.45, 7) is 0. The molecular weight excluding hydrogens is 360 g/mol. The molecule has 28 heavy (non-hydrogen) atoms. The number of imidazole rings is 1. The number of hydrogen-bond donors (Lipinski definition) is 3. The molecule has 3 N–H and O–H groups in total. The lowest BCUT2D eigenvalue weighted by atomic mass is 10.2. The van der Waals surface area contributed by atoms with Crippen molar-refractivity contribution in [2.75, 3.05) is 0 Å². The van der Waals surface area contributed by atoms with Crippen LogP contribution in [0.3, 0.4) is 0 Å². The third kappa shape index (κ3) is 3.41. The number of nitrogens with zero attached hydrogens (tertiary/aromatic N) is 1. The van der Waals surface area contributed by atoms with E-state index in [1.54, 1.807) is 30.3 Å². The van der Waals surface area contributed by atoms with Crippen molar-refractivity contribution in [1.29, 1.82) is 0 Å². The van der Waals surface area contributed by atoms with Crippen molar-refractivity contribution in [2.45, 2.75) is 0 Å². The molecule has 4 rings (SSSR count). The van der Waals surface area contributed by atoms with E-state index < -0.39 is 11.9 Å². The van der Waals surface area contributed by atoms with Gasteiger partial charge in [0.1, 0.15) is 17.3 Å². The second kappa shape index (κ2) is 6.88. The fourth-order valence-electron chi connectivity index (χ4n) is 2.79. The van der Waals surface area contributed by atoms with Crippen LogP contribution in [0.1, 0.15) is 20.7 Å². The monoisotopic (exact) mass is 374 g/mol. The molecule has 1 heterocycles. The molecule has 0 saturated carbocycles. The summed E-state index contributed by atoms with van der Waals surface area (Å²) < 4.78 is 5.70. The maximum atomic E-state index is 11.1. The minimum Gasteiger partial charge on any atom is -0.478 e. The van der Waals surface area contributed by atoms with E-state index in [-0.39, 0.29) is 11.1 Å². The van der Waals surface area contributed by atoms with Crippen LogP contribution in [-0.2, 0) is 0 Å². The normalized spacial score (nSPS) is 10.7. The molecule has 0 fully saturated rings.